The molecule has 3 rings (SSSR count). The van der Waals surface area contributed by atoms with Crippen LogP contribution in [0.1, 0.15) is 18.0 Å². The summed E-state index contributed by atoms with van der Waals surface area (Å²) in [5, 5.41) is 0.685. The van der Waals surface area contributed by atoms with Gasteiger partial charge in [-0.25, -0.2) is 0 Å². The van der Waals surface area contributed by atoms with Crippen LogP contribution in [0.5, 0.6) is 5.75 Å². The molecule has 0 aromatic heterocycles. The number of anilines is 1. The van der Waals surface area contributed by atoms with E-state index in [0.29, 0.717) is 11.3 Å². The molecule has 0 saturated heterocycles. The Kier molecular flexibility index (Phi) is 5.24. The summed E-state index contributed by atoms with van der Waals surface area (Å²) in [5.41, 5.74) is 2.21. The molecule has 4 nitrogen and oxygen atoms in total. The lowest BCUT2D eigenvalue weighted by molar-refractivity contribution is -0.118. The van der Waals surface area contributed by atoms with Crippen molar-refractivity contribution in [2.45, 2.75) is 12.5 Å². The monoisotopic (exact) mass is 353 g/mol. The largest absolute Gasteiger partial charge is 0.497 e. The molecule has 25 heavy (non-hydrogen) atoms. The number of hydrogen-bond acceptors (Lipinski definition) is 5. The van der Waals surface area contributed by atoms with Crippen LogP contribution in [0, 0.1) is 0 Å². The van der Waals surface area contributed by atoms with E-state index in [9.17, 15) is 9.59 Å². The summed E-state index contributed by atoms with van der Waals surface area (Å²) < 4.78 is 5.23. The Hall–Kier alpha value is -2.53. The first-order valence-corrected chi connectivity index (χ1v) is 9.17. The van der Waals surface area contributed by atoms with E-state index in [0.717, 1.165) is 17.0 Å². The molecule has 0 N–H and O–H groups in total. The van der Waals surface area contributed by atoms with Crippen molar-refractivity contribution in [1.29, 1.82) is 0 Å². The lowest BCUT2D eigenvalue weighted by atomic mass is 9.93. The third-order valence-electron chi connectivity index (χ3n) is 4.29. The molecule has 1 aliphatic rings. The third-order valence-corrected chi connectivity index (χ3v) is 5.09. The number of allylic oxidation sites excluding steroid dienone is 1. The lowest BCUT2D eigenvalue weighted by Gasteiger charge is -2.38. The van der Waals surface area contributed by atoms with Gasteiger partial charge in [-0.05, 0) is 36.1 Å². The van der Waals surface area contributed by atoms with E-state index < -0.39 is 0 Å². The fraction of sp³-hybridized carbons (Fsp3) is 0.200. The van der Waals surface area contributed by atoms with Crippen LogP contribution in [-0.4, -0.2) is 25.4 Å². The Morgan fingerprint density at radius 1 is 1.12 bits per heavy atom. The van der Waals surface area contributed by atoms with Crippen molar-refractivity contribution >= 4 is 29.5 Å². The van der Waals surface area contributed by atoms with Gasteiger partial charge >= 0.3 is 0 Å². The summed E-state index contributed by atoms with van der Waals surface area (Å²) in [6, 6.07) is 17.4. The first-order chi connectivity index (χ1) is 12.2. The van der Waals surface area contributed by atoms with Gasteiger partial charge in [-0.2, -0.15) is 0 Å². The number of carbonyl (C=O) groups is 2. The van der Waals surface area contributed by atoms with E-state index in [2.05, 4.69) is 4.90 Å². The summed E-state index contributed by atoms with van der Waals surface area (Å²) in [6.07, 6.45) is 2.83. The minimum Gasteiger partial charge on any atom is -0.497 e. The lowest BCUT2D eigenvalue weighted by Crippen LogP contribution is -2.35. The summed E-state index contributed by atoms with van der Waals surface area (Å²) in [4.78, 5) is 26.1. The second-order valence-electron chi connectivity index (χ2n) is 5.66. The number of hydrogen-bond donors (Lipinski definition) is 0. The molecular weight excluding hydrogens is 334 g/mol. The normalized spacial score (nSPS) is 17.6. The average molecular weight is 353 g/mol. The zero-order valence-electron chi connectivity index (χ0n) is 14.1. The number of rotatable bonds is 5. The van der Waals surface area contributed by atoms with Crippen molar-refractivity contribution in [1.82, 2.24) is 0 Å². The number of carbonyl (C=O) groups excluding carboxylic acids is 2. The van der Waals surface area contributed by atoms with Crippen molar-refractivity contribution < 1.29 is 14.3 Å². The first-order valence-electron chi connectivity index (χ1n) is 7.94. The number of nitrogens with zero attached hydrogens (tertiary/aromatic N) is 1. The molecule has 1 unspecified atom stereocenters. The molecule has 2 aromatic rings. The van der Waals surface area contributed by atoms with Gasteiger partial charge in [-0.3, -0.25) is 9.59 Å². The summed E-state index contributed by atoms with van der Waals surface area (Å²) in [5.74, 6) is 0.649. The molecule has 0 fully saturated rings. The number of aldehydes is 1. The minimum atomic E-state index is -0.145. The second kappa shape index (κ2) is 7.57. The number of methoxy groups -OCH3 is 1. The van der Waals surface area contributed by atoms with Crippen molar-refractivity contribution in [3.8, 4) is 5.75 Å². The minimum absolute atomic E-state index is 0.113. The Bertz CT molecular complexity index is 799. The molecule has 0 bridgehead atoms. The number of ketones is 1. The third kappa shape index (κ3) is 3.33. The summed E-state index contributed by atoms with van der Waals surface area (Å²) in [6.45, 7) is 0. The number of ether oxygens (including phenoxy) is 1. The van der Waals surface area contributed by atoms with Crippen LogP contribution < -0.4 is 9.64 Å². The fourth-order valence-electron chi connectivity index (χ4n) is 3.07. The molecule has 128 valence electrons. The SMILES string of the molecule is COc1ccc(N2C(SC)=C(C=O)C(=O)CC2c2ccccc2)cc1. The van der Waals surface area contributed by atoms with Crippen LogP contribution in [0.4, 0.5) is 5.69 Å². The van der Waals surface area contributed by atoms with Crippen molar-refractivity contribution in [3.05, 3.63) is 70.8 Å². The molecule has 2 aromatic carbocycles. The Balaban J connectivity index is 2.15. The number of thioether (sulfide) groups is 1. The highest BCUT2D eigenvalue weighted by atomic mass is 32.2. The smallest absolute Gasteiger partial charge is 0.171 e. The maximum absolute atomic E-state index is 12.5. The van der Waals surface area contributed by atoms with Crippen molar-refractivity contribution in [2.24, 2.45) is 0 Å². The van der Waals surface area contributed by atoms with Crippen LogP contribution in [0.2, 0.25) is 0 Å². The van der Waals surface area contributed by atoms with Crippen LogP contribution in [0.15, 0.2) is 65.2 Å². The molecule has 1 atom stereocenters. The van der Waals surface area contributed by atoms with Crippen LogP contribution in [-0.2, 0) is 9.59 Å². The Labute approximate surface area is 151 Å². The molecule has 0 amide bonds. The maximum atomic E-state index is 12.5. The van der Waals surface area contributed by atoms with Gasteiger partial charge in [0.15, 0.2) is 12.1 Å². The fourth-order valence-corrected chi connectivity index (χ4v) is 3.89. The van der Waals surface area contributed by atoms with Gasteiger partial charge in [0.2, 0.25) is 0 Å². The predicted octanol–water partition coefficient (Wildman–Crippen LogP) is 3.99. The molecule has 0 radical (unpaired) electrons. The zero-order valence-corrected chi connectivity index (χ0v) is 15.0. The topological polar surface area (TPSA) is 46.6 Å². The molecule has 0 spiro atoms. The highest BCUT2D eigenvalue weighted by Crippen LogP contribution is 2.42. The zero-order chi connectivity index (χ0) is 17.8. The number of Topliss-reactive ketones (excluding diaryl/α,β-unsaturated/α-hetero) is 1. The van der Waals surface area contributed by atoms with E-state index >= 15 is 0 Å². The first kappa shape index (κ1) is 17.3. The Morgan fingerprint density at radius 3 is 2.36 bits per heavy atom. The molecule has 5 heteroatoms. The second-order valence-corrected chi connectivity index (χ2v) is 6.46. The van der Waals surface area contributed by atoms with Gasteiger partial charge in [0.25, 0.3) is 0 Å². The molecular formula is C20H19NO3S. The summed E-state index contributed by atoms with van der Waals surface area (Å²) >= 11 is 1.42. The maximum Gasteiger partial charge on any atom is 0.171 e. The van der Waals surface area contributed by atoms with Crippen molar-refractivity contribution in [2.75, 3.05) is 18.3 Å². The van der Waals surface area contributed by atoms with Gasteiger partial charge in [-0.1, -0.05) is 30.3 Å². The highest BCUT2D eigenvalue weighted by Gasteiger charge is 2.35. The van der Waals surface area contributed by atoms with Gasteiger partial charge < -0.3 is 9.64 Å². The molecule has 0 aliphatic carbocycles. The quantitative estimate of drug-likeness (QED) is 0.601. The van der Waals surface area contributed by atoms with E-state index in [-0.39, 0.29) is 23.8 Å². The highest BCUT2D eigenvalue weighted by molar-refractivity contribution is 8.02. The molecule has 1 aliphatic heterocycles. The van der Waals surface area contributed by atoms with Gasteiger partial charge in [0, 0.05) is 12.1 Å². The summed E-state index contributed by atoms with van der Waals surface area (Å²) in [7, 11) is 1.62. The van der Waals surface area contributed by atoms with E-state index in [4.69, 9.17) is 4.74 Å². The Morgan fingerprint density at radius 2 is 1.80 bits per heavy atom. The van der Waals surface area contributed by atoms with Crippen LogP contribution in [0.25, 0.3) is 0 Å². The van der Waals surface area contributed by atoms with Crippen LogP contribution >= 0.6 is 11.8 Å². The predicted molar refractivity (Wildman–Crippen MR) is 101 cm³/mol. The average Bonchev–Trinajstić information content (AvgIpc) is 2.67. The standard InChI is InChI=1S/C20H19NO3S/c1-24-16-10-8-15(9-11-16)21-18(14-6-4-3-5-7-14)12-19(23)17(13-22)20(21)25-2/h3-11,13,18H,12H2,1-2H3. The number of benzene rings is 2. The molecule has 0 saturated carbocycles. The molecule has 1 heterocycles. The van der Waals surface area contributed by atoms with E-state index in [1.165, 1.54) is 11.8 Å². The van der Waals surface area contributed by atoms with Crippen molar-refractivity contribution in [3.63, 3.8) is 0 Å². The van der Waals surface area contributed by atoms with Crippen LogP contribution in [0.3, 0.4) is 0 Å². The van der Waals surface area contributed by atoms with Gasteiger partial charge in [-0.15, -0.1) is 11.8 Å². The van der Waals surface area contributed by atoms with Gasteiger partial charge in [0.05, 0.1) is 23.8 Å². The van der Waals surface area contributed by atoms with Gasteiger partial charge in [0.1, 0.15) is 5.75 Å². The van der Waals surface area contributed by atoms with E-state index in [1.807, 2.05) is 60.9 Å². The van der Waals surface area contributed by atoms with E-state index in [1.54, 1.807) is 7.11 Å².